The molecule has 1 saturated heterocycles. The van der Waals surface area contributed by atoms with E-state index in [1.807, 2.05) is 12.2 Å². The largest absolute Gasteiger partial charge is 0.462 e. The molecule has 13 heteroatoms. The van der Waals surface area contributed by atoms with Gasteiger partial charge in [-0.05, 0) is 32.1 Å². The van der Waals surface area contributed by atoms with Crippen molar-refractivity contribution >= 4 is 22.1 Å². The Morgan fingerprint density at radius 1 is 0.630 bits per heavy atom. The van der Waals surface area contributed by atoms with E-state index >= 15 is 0 Å². The zero-order chi connectivity index (χ0) is 39.9. The van der Waals surface area contributed by atoms with Crippen molar-refractivity contribution in [1.29, 1.82) is 0 Å². The Balaban J connectivity index is 2.53. The minimum atomic E-state index is -4.60. The van der Waals surface area contributed by atoms with Gasteiger partial charge in [-0.3, -0.25) is 14.1 Å². The van der Waals surface area contributed by atoms with Crippen LogP contribution in [0.5, 0.6) is 0 Å². The number of esters is 2. The zero-order valence-electron chi connectivity index (χ0n) is 33.3. The number of aliphatic hydroxyl groups excluding tert-OH is 3. The predicted molar refractivity (Wildman–Crippen MR) is 210 cm³/mol. The number of allylic oxidation sites excluding steroid dienone is 4. The van der Waals surface area contributed by atoms with Crippen molar-refractivity contribution < 1.29 is 56.8 Å². The molecule has 4 N–H and O–H groups in total. The minimum Gasteiger partial charge on any atom is -0.462 e. The van der Waals surface area contributed by atoms with Gasteiger partial charge in [0.1, 0.15) is 36.8 Å². The quantitative estimate of drug-likeness (QED) is 0.0216. The number of hydrogen-bond donors (Lipinski definition) is 4. The fraction of sp³-hybridized carbons (Fsp3) is 0.854. The van der Waals surface area contributed by atoms with E-state index < -0.39 is 71.2 Å². The van der Waals surface area contributed by atoms with Gasteiger partial charge < -0.3 is 34.3 Å². The first-order chi connectivity index (χ1) is 26.0. The first-order valence-electron chi connectivity index (χ1n) is 20.9. The molecule has 0 amide bonds. The number of hydrogen-bond acceptors (Lipinski definition) is 11. The van der Waals surface area contributed by atoms with Crippen LogP contribution < -0.4 is 0 Å². The van der Waals surface area contributed by atoms with E-state index in [9.17, 15) is 37.9 Å². The van der Waals surface area contributed by atoms with E-state index in [1.54, 1.807) is 0 Å². The van der Waals surface area contributed by atoms with E-state index in [1.165, 1.54) is 96.3 Å². The molecule has 0 radical (unpaired) electrons. The van der Waals surface area contributed by atoms with Crippen molar-refractivity contribution in [3.63, 3.8) is 0 Å². The highest BCUT2D eigenvalue weighted by atomic mass is 32.2. The van der Waals surface area contributed by atoms with Crippen LogP contribution in [0.25, 0.3) is 0 Å². The van der Waals surface area contributed by atoms with Crippen LogP contribution in [0.3, 0.4) is 0 Å². The molecule has 0 spiro atoms. The summed E-state index contributed by atoms with van der Waals surface area (Å²) in [5.74, 6) is -2.06. The summed E-state index contributed by atoms with van der Waals surface area (Å²) in [7, 11) is -4.60. The molecule has 54 heavy (non-hydrogen) atoms. The van der Waals surface area contributed by atoms with Gasteiger partial charge >= 0.3 is 11.9 Å². The smallest absolute Gasteiger partial charge is 0.306 e. The van der Waals surface area contributed by atoms with E-state index in [4.69, 9.17) is 18.9 Å². The number of unbranched alkanes of at least 4 members (excludes halogenated alkanes) is 18. The molecular weight excluding hydrogens is 717 g/mol. The molecule has 12 nitrogen and oxygen atoms in total. The van der Waals surface area contributed by atoms with E-state index in [2.05, 4.69) is 26.0 Å². The lowest BCUT2D eigenvalue weighted by Crippen LogP contribution is -2.60. The van der Waals surface area contributed by atoms with Gasteiger partial charge in [0.25, 0.3) is 10.1 Å². The van der Waals surface area contributed by atoms with Crippen LogP contribution in [-0.2, 0) is 38.7 Å². The number of carbonyl (C=O) groups is 2. The van der Waals surface area contributed by atoms with E-state index in [0.717, 1.165) is 32.1 Å². The fourth-order valence-electron chi connectivity index (χ4n) is 6.26. The van der Waals surface area contributed by atoms with Crippen molar-refractivity contribution in [2.75, 3.05) is 19.0 Å². The topological polar surface area (TPSA) is 186 Å². The van der Waals surface area contributed by atoms with Crippen LogP contribution in [-0.4, -0.2) is 96.0 Å². The van der Waals surface area contributed by atoms with Crippen LogP contribution in [0.15, 0.2) is 24.3 Å². The van der Waals surface area contributed by atoms with Gasteiger partial charge in [-0.15, -0.1) is 0 Å². The van der Waals surface area contributed by atoms with Crippen molar-refractivity contribution in [3.8, 4) is 0 Å². The summed E-state index contributed by atoms with van der Waals surface area (Å²) < 4.78 is 53.8. The second-order valence-corrected chi connectivity index (χ2v) is 16.2. The molecule has 1 rings (SSSR count). The molecule has 316 valence electrons. The third-order valence-electron chi connectivity index (χ3n) is 9.55. The normalized spacial score (nSPS) is 21.2. The molecule has 1 fully saturated rings. The molecule has 1 aliphatic heterocycles. The highest BCUT2D eigenvalue weighted by Gasteiger charge is 2.46. The molecular formula is C41H74O12S. The molecule has 0 aromatic carbocycles. The van der Waals surface area contributed by atoms with Gasteiger partial charge in [0.05, 0.1) is 6.61 Å². The van der Waals surface area contributed by atoms with Gasteiger partial charge in [0.2, 0.25) is 0 Å². The molecule has 0 bridgehead atoms. The molecule has 1 heterocycles. The van der Waals surface area contributed by atoms with Crippen LogP contribution in [0, 0.1) is 0 Å². The van der Waals surface area contributed by atoms with Gasteiger partial charge in [-0.2, -0.15) is 8.42 Å². The standard InChI is InChI=1S/C41H74O12S/c1-3-5-7-9-11-13-15-17-19-21-23-25-27-29-36(42)50-31-34(32-51-41-40(46)39(45)38(44)35(53-41)33-54(47,48)49)52-37(43)30-28-26-24-22-20-18-16-14-12-10-8-6-4-2/h18,20,24,26,34-35,38-41,44-46H,3-17,19,21-23,25,27-33H2,1-2H3,(H,47,48,49)/b20-18+,26-24+/t34?,35-,38-,39?,40?,41+/m0/s1. The highest BCUT2D eigenvalue weighted by Crippen LogP contribution is 2.24. The molecule has 6 atom stereocenters. The van der Waals surface area contributed by atoms with E-state index in [0.29, 0.717) is 12.8 Å². The average molecular weight is 791 g/mol. The number of carbonyl (C=O) groups excluding carboxylic acids is 2. The molecule has 0 aliphatic carbocycles. The number of ether oxygens (including phenoxy) is 4. The Hall–Kier alpha value is -1.87. The number of aliphatic hydroxyl groups is 3. The monoisotopic (exact) mass is 790 g/mol. The SMILES string of the molecule is CCCCCCCC/C=C/C/C=C/CCC(=O)OC(COC(=O)CCCCCCCCCCCCCCC)CO[C@@H]1O[C@@H](CS(=O)(=O)O)[C@H](O)C(O)C1O. The lowest BCUT2D eigenvalue weighted by atomic mass is 10.00. The molecule has 3 unspecified atom stereocenters. The molecule has 1 aliphatic rings. The maximum Gasteiger partial charge on any atom is 0.306 e. The lowest BCUT2D eigenvalue weighted by molar-refractivity contribution is -0.297. The Bertz CT molecular complexity index is 1110. The Kier molecular flexibility index (Phi) is 29.9. The van der Waals surface area contributed by atoms with Crippen molar-refractivity contribution in [1.82, 2.24) is 0 Å². The Morgan fingerprint density at radius 2 is 1.15 bits per heavy atom. The van der Waals surface area contributed by atoms with Crippen LogP contribution in [0.1, 0.15) is 168 Å². The average Bonchev–Trinajstić information content (AvgIpc) is 3.13. The van der Waals surface area contributed by atoms with Gasteiger partial charge in [0.15, 0.2) is 12.4 Å². The minimum absolute atomic E-state index is 0.0608. The zero-order valence-corrected chi connectivity index (χ0v) is 34.1. The first kappa shape index (κ1) is 50.1. The van der Waals surface area contributed by atoms with Crippen LogP contribution in [0.2, 0.25) is 0 Å². The second-order valence-electron chi connectivity index (χ2n) is 14.7. The van der Waals surface area contributed by atoms with Crippen LogP contribution >= 0.6 is 0 Å². The van der Waals surface area contributed by atoms with Crippen molar-refractivity contribution in [3.05, 3.63) is 24.3 Å². The predicted octanol–water partition coefficient (Wildman–Crippen LogP) is 7.67. The third-order valence-corrected chi connectivity index (χ3v) is 10.3. The molecule has 0 aromatic rings. The summed E-state index contributed by atoms with van der Waals surface area (Å²) in [5.41, 5.74) is 0. The summed E-state index contributed by atoms with van der Waals surface area (Å²) >= 11 is 0. The van der Waals surface area contributed by atoms with Gasteiger partial charge in [-0.25, -0.2) is 0 Å². The Morgan fingerprint density at radius 3 is 1.70 bits per heavy atom. The van der Waals surface area contributed by atoms with Gasteiger partial charge in [0, 0.05) is 12.8 Å². The van der Waals surface area contributed by atoms with E-state index in [-0.39, 0.29) is 19.4 Å². The second kappa shape index (κ2) is 32.2. The van der Waals surface area contributed by atoms with Gasteiger partial charge in [-0.1, -0.05) is 147 Å². The van der Waals surface area contributed by atoms with Crippen LogP contribution in [0.4, 0.5) is 0 Å². The summed E-state index contributed by atoms with van der Waals surface area (Å²) in [6.07, 6.45) is 23.9. The first-order valence-corrected chi connectivity index (χ1v) is 22.5. The summed E-state index contributed by atoms with van der Waals surface area (Å²) in [4.78, 5) is 25.2. The summed E-state index contributed by atoms with van der Waals surface area (Å²) in [6.45, 7) is 3.68. The highest BCUT2D eigenvalue weighted by molar-refractivity contribution is 7.85. The number of rotatable bonds is 34. The molecule has 0 aromatic heterocycles. The summed E-state index contributed by atoms with van der Waals surface area (Å²) in [5, 5.41) is 30.8. The molecule has 0 saturated carbocycles. The fourth-order valence-corrected chi connectivity index (χ4v) is 6.95. The maximum absolute atomic E-state index is 12.7. The maximum atomic E-state index is 12.7. The lowest BCUT2D eigenvalue weighted by Gasteiger charge is -2.40. The summed E-state index contributed by atoms with van der Waals surface area (Å²) in [6, 6.07) is 0. The van der Waals surface area contributed by atoms with Crippen molar-refractivity contribution in [2.24, 2.45) is 0 Å². The Labute approximate surface area is 326 Å². The third kappa shape index (κ3) is 26.9. The van der Waals surface area contributed by atoms with Crippen molar-refractivity contribution in [2.45, 2.75) is 205 Å².